The summed E-state index contributed by atoms with van der Waals surface area (Å²) in [5.74, 6) is 1.33. The Morgan fingerprint density at radius 1 is 1.23 bits per heavy atom. The molecule has 0 saturated heterocycles. The number of thioether (sulfide) groups is 1. The molecule has 0 fully saturated rings. The van der Waals surface area contributed by atoms with Crippen LogP contribution in [-0.2, 0) is 13.5 Å². The van der Waals surface area contributed by atoms with Gasteiger partial charge in [0.1, 0.15) is 5.82 Å². The highest BCUT2D eigenvalue weighted by Gasteiger charge is 2.07. The molecule has 0 spiro atoms. The molecule has 6 heteroatoms. The predicted octanol–water partition coefficient (Wildman–Crippen LogP) is 3.94. The zero-order valence-corrected chi connectivity index (χ0v) is 13.0. The lowest BCUT2D eigenvalue weighted by molar-refractivity contribution is 0.466. The van der Waals surface area contributed by atoms with Crippen molar-refractivity contribution in [1.82, 2.24) is 14.8 Å². The second-order valence-corrected chi connectivity index (χ2v) is 6.02. The van der Waals surface area contributed by atoms with Gasteiger partial charge in [0, 0.05) is 24.6 Å². The van der Waals surface area contributed by atoms with E-state index in [1.807, 2.05) is 24.1 Å². The Labute approximate surface area is 132 Å². The highest BCUT2D eigenvalue weighted by molar-refractivity contribution is 7.99. The van der Waals surface area contributed by atoms with Gasteiger partial charge in [0.25, 0.3) is 5.22 Å². The van der Waals surface area contributed by atoms with Crippen molar-refractivity contribution in [2.75, 3.05) is 5.75 Å². The zero-order chi connectivity index (χ0) is 15.4. The number of rotatable bonds is 6. The molecule has 0 aliphatic rings. The van der Waals surface area contributed by atoms with Crippen molar-refractivity contribution in [3.05, 3.63) is 54.2 Å². The van der Waals surface area contributed by atoms with E-state index in [2.05, 4.69) is 10.1 Å². The van der Waals surface area contributed by atoms with Crippen LogP contribution in [0.15, 0.2) is 52.5 Å². The van der Waals surface area contributed by atoms with Gasteiger partial charge in [-0.15, -0.1) is 0 Å². The van der Waals surface area contributed by atoms with Crippen LogP contribution in [-0.4, -0.2) is 20.5 Å². The number of benzene rings is 1. The Bertz CT molecular complexity index is 736. The summed E-state index contributed by atoms with van der Waals surface area (Å²) in [5, 5.41) is 4.79. The SMILES string of the molecule is Cn1cc(CCCSc2ncc(-c3ccc(F)cc3)o2)cn1. The third-order valence-corrected chi connectivity index (χ3v) is 4.14. The third-order valence-electron chi connectivity index (χ3n) is 3.21. The lowest BCUT2D eigenvalue weighted by Crippen LogP contribution is -1.87. The third kappa shape index (κ3) is 3.76. The Kier molecular flexibility index (Phi) is 4.58. The topological polar surface area (TPSA) is 43.9 Å². The number of nitrogens with zero attached hydrogens (tertiary/aromatic N) is 3. The van der Waals surface area contributed by atoms with Gasteiger partial charge in [0.2, 0.25) is 0 Å². The van der Waals surface area contributed by atoms with E-state index in [0.717, 1.165) is 24.2 Å². The zero-order valence-electron chi connectivity index (χ0n) is 12.2. The molecule has 4 nitrogen and oxygen atoms in total. The van der Waals surface area contributed by atoms with Crippen molar-refractivity contribution in [2.45, 2.75) is 18.1 Å². The van der Waals surface area contributed by atoms with Gasteiger partial charge in [-0.3, -0.25) is 4.68 Å². The van der Waals surface area contributed by atoms with Crippen molar-refractivity contribution in [3.8, 4) is 11.3 Å². The summed E-state index contributed by atoms with van der Waals surface area (Å²) in [5.41, 5.74) is 2.07. The highest BCUT2D eigenvalue weighted by Crippen LogP contribution is 2.26. The number of hydrogen-bond acceptors (Lipinski definition) is 4. The quantitative estimate of drug-likeness (QED) is 0.510. The van der Waals surface area contributed by atoms with E-state index in [0.29, 0.717) is 11.0 Å². The maximum atomic E-state index is 12.9. The number of aromatic nitrogens is 3. The lowest BCUT2D eigenvalue weighted by atomic mass is 10.2. The molecule has 0 amide bonds. The first-order chi connectivity index (χ1) is 10.7. The molecule has 2 heterocycles. The van der Waals surface area contributed by atoms with E-state index in [4.69, 9.17) is 4.42 Å². The normalized spacial score (nSPS) is 11.0. The van der Waals surface area contributed by atoms with E-state index in [-0.39, 0.29) is 5.82 Å². The molecule has 0 saturated carbocycles. The molecule has 0 atom stereocenters. The monoisotopic (exact) mass is 317 g/mol. The molecule has 3 rings (SSSR count). The van der Waals surface area contributed by atoms with Crippen LogP contribution in [0.4, 0.5) is 4.39 Å². The van der Waals surface area contributed by atoms with Crippen LogP contribution < -0.4 is 0 Å². The Morgan fingerprint density at radius 3 is 2.77 bits per heavy atom. The molecule has 0 aliphatic carbocycles. The van der Waals surface area contributed by atoms with Crippen molar-refractivity contribution in [3.63, 3.8) is 0 Å². The van der Waals surface area contributed by atoms with Crippen LogP contribution in [0.3, 0.4) is 0 Å². The average molecular weight is 317 g/mol. The number of oxazole rings is 1. The summed E-state index contributed by atoms with van der Waals surface area (Å²) < 4.78 is 20.4. The second kappa shape index (κ2) is 6.79. The summed E-state index contributed by atoms with van der Waals surface area (Å²) in [4.78, 5) is 4.25. The van der Waals surface area contributed by atoms with E-state index in [1.54, 1.807) is 30.1 Å². The van der Waals surface area contributed by atoms with Crippen LogP contribution in [0.5, 0.6) is 0 Å². The van der Waals surface area contributed by atoms with Gasteiger partial charge >= 0.3 is 0 Å². The molecule has 0 bridgehead atoms. The van der Waals surface area contributed by atoms with Crippen molar-refractivity contribution < 1.29 is 8.81 Å². The van der Waals surface area contributed by atoms with E-state index in [9.17, 15) is 4.39 Å². The summed E-state index contributed by atoms with van der Waals surface area (Å²) in [6.07, 6.45) is 7.62. The highest BCUT2D eigenvalue weighted by atomic mass is 32.2. The van der Waals surface area contributed by atoms with E-state index < -0.39 is 0 Å². The van der Waals surface area contributed by atoms with E-state index in [1.165, 1.54) is 17.7 Å². The Hall–Kier alpha value is -2.08. The number of halogens is 1. The lowest BCUT2D eigenvalue weighted by Gasteiger charge is -1.97. The number of aryl methyl sites for hydroxylation is 2. The molecule has 0 aliphatic heterocycles. The standard InChI is InChI=1S/C16H16FN3OS/c1-20-11-12(9-19-20)3-2-8-22-16-18-10-15(21-16)13-4-6-14(17)7-5-13/h4-7,9-11H,2-3,8H2,1H3. The first-order valence-corrected chi connectivity index (χ1v) is 8.01. The molecular formula is C16H16FN3OS. The van der Waals surface area contributed by atoms with Crippen LogP contribution >= 0.6 is 11.8 Å². The fraction of sp³-hybridized carbons (Fsp3) is 0.250. The molecule has 0 unspecified atom stereocenters. The maximum absolute atomic E-state index is 12.9. The molecule has 2 aromatic heterocycles. The summed E-state index contributed by atoms with van der Waals surface area (Å²) in [6.45, 7) is 0. The van der Waals surface area contributed by atoms with Crippen LogP contribution in [0.1, 0.15) is 12.0 Å². The maximum Gasteiger partial charge on any atom is 0.256 e. The summed E-state index contributed by atoms with van der Waals surface area (Å²) in [7, 11) is 1.92. The molecule has 1 aromatic carbocycles. The second-order valence-electron chi connectivity index (χ2n) is 4.97. The fourth-order valence-electron chi connectivity index (χ4n) is 2.11. The smallest absolute Gasteiger partial charge is 0.256 e. The largest absolute Gasteiger partial charge is 0.431 e. The van der Waals surface area contributed by atoms with Gasteiger partial charge in [-0.25, -0.2) is 9.37 Å². The van der Waals surface area contributed by atoms with Crippen molar-refractivity contribution >= 4 is 11.8 Å². The molecule has 3 aromatic rings. The first kappa shape index (κ1) is 14.8. The van der Waals surface area contributed by atoms with Gasteiger partial charge < -0.3 is 4.42 Å². The minimum absolute atomic E-state index is 0.256. The average Bonchev–Trinajstić information content (AvgIpc) is 3.14. The first-order valence-electron chi connectivity index (χ1n) is 7.03. The Morgan fingerprint density at radius 2 is 2.05 bits per heavy atom. The molecule has 0 radical (unpaired) electrons. The minimum Gasteiger partial charge on any atom is -0.431 e. The van der Waals surface area contributed by atoms with Crippen LogP contribution in [0, 0.1) is 5.82 Å². The Balaban J connectivity index is 1.50. The van der Waals surface area contributed by atoms with Crippen molar-refractivity contribution in [2.24, 2.45) is 7.05 Å². The van der Waals surface area contributed by atoms with Gasteiger partial charge in [-0.05, 0) is 42.7 Å². The van der Waals surface area contributed by atoms with Crippen molar-refractivity contribution in [1.29, 1.82) is 0 Å². The molecule has 0 N–H and O–H groups in total. The van der Waals surface area contributed by atoms with Crippen LogP contribution in [0.25, 0.3) is 11.3 Å². The van der Waals surface area contributed by atoms with Gasteiger partial charge in [-0.2, -0.15) is 5.10 Å². The van der Waals surface area contributed by atoms with E-state index >= 15 is 0 Å². The van der Waals surface area contributed by atoms with Gasteiger partial charge in [0.05, 0.1) is 12.4 Å². The molecular weight excluding hydrogens is 301 g/mol. The predicted molar refractivity (Wildman–Crippen MR) is 84.2 cm³/mol. The van der Waals surface area contributed by atoms with Gasteiger partial charge in [-0.1, -0.05) is 11.8 Å². The number of hydrogen-bond donors (Lipinski definition) is 0. The van der Waals surface area contributed by atoms with Crippen LogP contribution in [0.2, 0.25) is 0 Å². The summed E-state index contributed by atoms with van der Waals surface area (Å²) in [6, 6.07) is 6.20. The minimum atomic E-state index is -0.256. The molecule has 22 heavy (non-hydrogen) atoms. The fourth-order valence-corrected chi connectivity index (χ4v) is 2.85. The van der Waals surface area contributed by atoms with Gasteiger partial charge in [0.15, 0.2) is 5.76 Å². The summed E-state index contributed by atoms with van der Waals surface area (Å²) >= 11 is 1.59. The molecule has 114 valence electrons.